The topological polar surface area (TPSA) is 47.6 Å². The fourth-order valence-corrected chi connectivity index (χ4v) is 1.52. The zero-order valence-corrected chi connectivity index (χ0v) is 9.13. The summed E-state index contributed by atoms with van der Waals surface area (Å²) in [5, 5.41) is 2.88. The van der Waals surface area contributed by atoms with Gasteiger partial charge >= 0.3 is 5.97 Å². The maximum absolute atomic E-state index is 13.4. The number of carbonyl (C=O) groups is 1. The smallest absolute Gasteiger partial charge is 0.302 e. The molecule has 0 aliphatic carbocycles. The number of benzene rings is 1. The van der Waals surface area contributed by atoms with E-state index in [1.165, 1.54) is 13.0 Å². The number of hydrogen-bond donors (Lipinski definition) is 1. The number of carbonyl (C=O) groups excluding carboxylic acids is 1. The van der Waals surface area contributed by atoms with Gasteiger partial charge in [0.05, 0.1) is 12.2 Å². The Kier molecular flexibility index (Phi) is 3.12. The highest BCUT2D eigenvalue weighted by molar-refractivity contribution is 5.66. The third-order valence-corrected chi connectivity index (χ3v) is 2.33. The molecule has 0 amide bonds. The molecule has 1 aromatic rings. The summed E-state index contributed by atoms with van der Waals surface area (Å²) in [6, 6.07) is 2.42. The van der Waals surface area contributed by atoms with Gasteiger partial charge in [-0.1, -0.05) is 0 Å². The number of ether oxygens (including phenoxy) is 2. The lowest BCUT2D eigenvalue weighted by molar-refractivity contribution is -0.143. The van der Waals surface area contributed by atoms with E-state index >= 15 is 0 Å². The van der Waals surface area contributed by atoms with Gasteiger partial charge in [-0.2, -0.15) is 4.39 Å². The number of nitrogens with one attached hydrogen (secondary N) is 1. The first-order valence-electron chi connectivity index (χ1n) is 5.10. The third kappa shape index (κ3) is 2.46. The van der Waals surface area contributed by atoms with E-state index in [0.29, 0.717) is 12.2 Å². The van der Waals surface area contributed by atoms with Crippen LogP contribution < -0.4 is 10.1 Å². The predicted molar refractivity (Wildman–Crippen MR) is 55.9 cm³/mol. The first-order chi connectivity index (χ1) is 8.08. The summed E-state index contributed by atoms with van der Waals surface area (Å²) in [6.45, 7) is 1.63. The van der Waals surface area contributed by atoms with Gasteiger partial charge in [0.1, 0.15) is 6.61 Å². The Morgan fingerprint density at radius 2 is 2.35 bits per heavy atom. The third-order valence-electron chi connectivity index (χ3n) is 2.33. The minimum Gasteiger partial charge on any atom is -0.480 e. The number of rotatable bonds is 2. The Balaban J connectivity index is 2.12. The van der Waals surface area contributed by atoms with Crippen LogP contribution in [0.3, 0.4) is 0 Å². The largest absolute Gasteiger partial charge is 0.480 e. The molecule has 1 aliphatic rings. The van der Waals surface area contributed by atoms with E-state index in [4.69, 9.17) is 9.47 Å². The van der Waals surface area contributed by atoms with Crippen LogP contribution in [0.4, 0.5) is 14.5 Å². The summed E-state index contributed by atoms with van der Waals surface area (Å²) >= 11 is 0. The molecule has 1 N–H and O–H groups in total. The molecular formula is C11H11F2NO3. The lowest BCUT2D eigenvalue weighted by Gasteiger charge is -2.27. The van der Waals surface area contributed by atoms with Gasteiger partial charge in [0.25, 0.3) is 0 Å². The summed E-state index contributed by atoms with van der Waals surface area (Å²) in [5.41, 5.74) is 0.392. The molecule has 0 aromatic heterocycles. The lowest BCUT2D eigenvalue weighted by Crippen LogP contribution is -2.35. The van der Waals surface area contributed by atoms with E-state index in [0.717, 1.165) is 6.07 Å². The second-order valence-electron chi connectivity index (χ2n) is 3.66. The van der Waals surface area contributed by atoms with Gasteiger partial charge in [-0.05, 0) is 12.1 Å². The van der Waals surface area contributed by atoms with Crippen molar-refractivity contribution >= 4 is 11.7 Å². The number of fused-ring (bicyclic) bond motifs is 1. The van der Waals surface area contributed by atoms with E-state index < -0.39 is 23.7 Å². The normalized spacial score (nSPS) is 17.7. The van der Waals surface area contributed by atoms with Crippen LogP contribution in [0.5, 0.6) is 5.75 Å². The number of anilines is 1. The monoisotopic (exact) mass is 243 g/mol. The van der Waals surface area contributed by atoms with Crippen molar-refractivity contribution in [3.63, 3.8) is 0 Å². The predicted octanol–water partition coefficient (Wildman–Crippen LogP) is 1.70. The van der Waals surface area contributed by atoms with Crippen molar-refractivity contribution in [3.05, 3.63) is 23.8 Å². The van der Waals surface area contributed by atoms with E-state index in [1.54, 1.807) is 0 Å². The summed E-state index contributed by atoms with van der Waals surface area (Å²) in [5.74, 6) is -2.63. The average Bonchev–Trinajstić information content (AvgIpc) is 2.31. The van der Waals surface area contributed by atoms with Crippen LogP contribution in [0.1, 0.15) is 6.92 Å². The molecule has 0 fully saturated rings. The van der Waals surface area contributed by atoms with Gasteiger partial charge < -0.3 is 14.8 Å². The van der Waals surface area contributed by atoms with E-state index in [9.17, 15) is 13.6 Å². The Bertz CT molecular complexity index is 451. The standard InChI is InChI=1S/C11H11F2NO3/c1-6(15)16-5-7-4-14-9-3-2-8(12)10(13)11(9)17-7/h2-3,7,14H,4-5H2,1H3. The number of halogens is 2. The van der Waals surface area contributed by atoms with Gasteiger partial charge in [-0.25, -0.2) is 4.39 Å². The van der Waals surface area contributed by atoms with Crippen LogP contribution in [0.25, 0.3) is 0 Å². The maximum Gasteiger partial charge on any atom is 0.302 e. The van der Waals surface area contributed by atoms with Gasteiger partial charge in [0.15, 0.2) is 17.7 Å². The van der Waals surface area contributed by atoms with Crippen molar-refractivity contribution in [2.45, 2.75) is 13.0 Å². The summed E-state index contributed by atoms with van der Waals surface area (Å²) in [4.78, 5) is 10.6. The molecule has 6 heteroatoms. The highest BCUT2D eigenvalue weighted by Crippen LogP contribution is 2.33. The molecular weight excluding hydrogens is 232 g/mol. The van der Waals surface area contributed by atoms with Crippen LogP contribution >= 0.6 is 0 Å². The molecule has 0 saturated heterocycles. The molecule has 92 valence electrons. The highest BCUT2D eigenvalue weighted by atomic mass is 19.2. The van der Waals surface area contributed by atoms with Gasteiger partial charge in [-0.15, -0.1) is 0 Å². The Hall–Kier alpha value is -1.85. The molecule has 0 saturated carbocycles. The fourth-order valence-electron chi connectivity index (χ4n) is 1.52. The molecule has 1 atom stereocenters. The molecule has 0 bridgehead atoms. The molecule has 17 heavy (non-hydrogen) atoms. The molecule has 1 aromatic carbocycles. The molecule has 0 radical (unpaired) electrons. The van der Waals surface area contributed by atoms with E-state index in [-0.39, 0.29) is 12.4 Å². The highest BCUT2D eigenvalue weighted by Gasteiger charge is 2.24. The van der Waals surface area contributed by atoms with Crippen molar-refractivity contribution in [2.24, 2.45) is 0 Å². The molecule has 1 unspecified atom stereocenters. The Labute approximate surface area is 96.5 Å². The van der Waals surface area contributed by atoms with Crippen LogP contribution in [0.2, 0.25) is 0 Å². The van der Waals surface area contributed by atoms with Gasteiger partial charge in [0.2, 0.25) is 5.82 Å². The molecule has 1 aliphatic heterocycles. The van der Waals surface area contributed by atoms with Crippen LogP contribution in [0, 0.1) is 11.6 Å². The van der Waals surface area contributed by atoms with E-state index in [2.05, 4.69) is 5.32 Å². The summed E-state index contributed by atoms with van der Waals surface area (Å²) in [7, 11) is 0. The molecule has 0 spiro atoms. The molecule has 1 heterocycles. The first-order valence-corrected chi connectivity index (χ1v) is 5.10. The second kappa shape index (κ2) is 4.57. The van der Waals surface area contributed by atoms with Crippen molar-refractivity contribution in [3.8, 4) is 5.75 Å². The summed E-state index contributed by atoms with van der Waals surface area (Å²) in [6.07, 6.45) is -0.525. The summed E-state index contributed by atoms with van der Waals surface area (Å²) < 4.78 is 36.4. The van der Waals surface area contributed by atoms with Gasteiger partial charge in [-0.3, -0.25) is 4.79 Å². The fraction of sp³-hybridized carbons (Fsp3) is 0.364. The second-order valence-corrected chi connectivity index (χ2v) is 3.66. The average molecular weight is 243 g/mol. The quantitative estimate of drug-likeness (QED) is 0.803. The molecule has 4 nitrogen and oxygen atoms in total. The van der Waals surface area contributed by atoms with Gasteiger partial charge in [0, 0.05) is 6.92 Å². The first kappa shape index (κ1) is 11.6. The Morgan fingerprint density at radius 1 is 1.59 bits per heavy atom. The van der Waals surface area contributed by atoms with Crippen molar-refractivity contribution in [1.29, 1.82) is 0 Å². The minimum atomic E-state index is -1.04. The Morgan fingerprint density at radius 3 is 3.06 bits per heavy atom. The maximum atomic E-state index is 13.4. The minimum absolute atomic E-state index is 0.00226. The van der Waals surface area contributed by atoms with Crippen LogP contribution in [-0.4, -0.2) is 25.2 Å². The SMILES string of the molecule is CC(=O)OCC1CNc2ccc(F)c(F)c2O1. The van der Waals surface area contributed by atoms with Crippen molar-refractivity contribution in [1.82, 2.24) is 0 Å². The zero-order valence-electron chi connectivity index (χ0n) is 9.13. The van der Waals surface area contributed by atoms with Crippen LogP contribution in [-0.2, 0) is 9.53 Å². The number of esters is 1. The van der Waals surface area contributed by atoms with Crippen LogP contribution in [0.15, 0.2) is 12.1 Å². The van der Waals surface area contributed by atoms with Crippen molar-refractivity contribution < 1.29 is 23.0 Å². The zero-order chi connectivity index (χ0) is 12.4. The lowest BCUT2D eigenvalue weighted by atomic mass is 10.2. The van der Waals surface area contributed by atoms with Crippen molar-refractivity contribution in [2.75, 3.05) is 18.5 Å². The van der Waals surface area contributed by atoms with E-state index in [1.807, 2.05) is 0 Å². The number of hydrogen-bond acceptors (Lipinski definition) is 4. The molecule has 2 rings (SSSR count).